The predicted octanol–water partition coefficient (Wildman–Crippen LogP) is 0.346. The SMILES string of the molecule is CCC(=O)[C@@H](C)O. The van der Waals surface area contributed by atoms with Gasteiger partial charge in [-0.1, -0.05) is 6.92 Å². The maximum atomic E-state index is 10.3. The fourth-order valence-electron chi connectivity index (χ4n) is 0.295. The summed E-state index contributed by atoms with van der Waals surface area (Å²) in [6.07, 6.45) is -0.345. The normalized spacial score (nSPS) is 13.6. The predicted molar refractivity (Wildman–Crippen MR) is 27.0 cm³/mol. The first-order valence-corrected chi connectivity index (χ1v) is 2.39. The van der Waals surface area contributed by atoms with Gasteiger partial charge >= 0.3 is 0 Å². The molecule has 0 spiro atoms. The van der Waals surface area contributed by atoms with Crippen molar-refractivity contribution in [3.63, 3.8) is 0 Å². The van der Waals surface area contributed by atoms with E-state index in [2.05, 4.69) is 0 Å². The number of hydrogen-bond acceptors (Lipinski definition) is 2. The van der Waals surface area contributed by atoms with Crippen LogP contribution in [-0.2, 0) is 4.79 Å². The Labute approximate surface area is 43.2 Å². The lowest BCUT2D eigenvalue weighted by Gasteiger charge is -1.95. The van der Waals surface area contributed by atoms with Crippen molar-refractivity contribution in [3.05, 3.63) is 0 Å². The van der Waals surface area contributed by atoms with Gasteiger partial charge in [0.1, 0.15) is 6.10 Å². The van der Waals surface area contributed by atoms with Crippen molar-refractivity contribution in [2.75, 3.05) is 0 Å². The second-order valence-electron chi connectivity index (χ2n) is 1.50. The molecule has 0 saturated carbocycles. The molecule has 0 rings (SSSR count). The van der Waals surface area contributed by atoms with E-state index < -0.39 is 6.10 Å². The second-order valence-corrected chi connectivity index (χ2v) is 1.50. The minimum absolute atomic E-state index is 0.0972. The molecular weight excluding hydrogens is 92.1 g/mol. The van der Waals surface area contributed by atoms with E-state index in [9.17, 15) is 4.79 Å². The van der Waals surface area contributed by atoms with Crippen molar-refractivity contribution in [1.82, 2.24) is 0 Å². The van der Waals surface area contributed by atoms with Crippen molar-refractivity contribution >= 4 is 5.78 Å². The summed E-state index contributed by atoms with van der Waals surface area (Å²) in [7, 11) is 0. The number of rotatable bonds is 2. The third-order valence-corrected chi connectivity index (χ3v) is 0.814. The third-order valence-electron chi connectivity index (χ3n) is 0.814. The highest BCUT2D eigenvalue weighted by molar-refractivity contribution is 5.81. The van der Waals surface area contributed by atoms with Crippen LogP contribution in [0.4, 0.5) is 0 Å². The molecule has 2 heteroatoms. The fourth-order valence-corrected chi connectivity index (χ4v) is 0.295. The van der Waals surface area contributed by atoms with Gasteiger partial charge in [0.05, 0.1) is 0 Å². The molecule has 0 aromatic carbocycles. The highest BCUT2D eigenvalue weighted by Gasteiger charge is 2.02. The molecule has 0 aromatic heterocycles. The average Bonchev–Trinajstić information content (AvgIpc) is 1.65. The van der Waals surface area contributed by atoms with E-state index in [1.807, 2.05) is 0 Å². The summed E-state index contributed by atoms with van der Waals surface area (Å²) >= 11 is 0. The third kappa shape index (κ3) is 2.34. The molecule has 0 aromatic rings. The van der Waals surface area contributed by atoms with Gasteiger partial charge in [0.25, 0.3) is 0 Å². The van der Waals surface area contributed by atoms with Gasteiger partial charge in [0.15, 0.2) is 5.78 Å². The maximum Gasteiger partial charge on any atom is 0.160 e. The molecule has 2 nitrogen and oxygen atoms in total. The zero-order valence-electron chi connectivity index (χ0n) is 4.64. The molecule has 0 fully saturated rings. The van der Waals surface area contributed by atoms with E-state index in [0.717, 1.165) is 0 Å². The zero-order valence-corrected chi connectivity index (χ0v) is 4.64. The molecule has 0 aliphatic carbocycles. The quantitative estimate of drug-likeness (QED) is 0.546. The van der Waals surface area contributed by atoms with Crippen LogP contribution in [0.5, 0.6) is 0 Å². The number of carbonyl (C=O) groups is 1. The van der Waals surface area contributed by atoms with Gasteiger partial charge in [-0.25, -0.2) is 0 Å². The van der Waals surface area contributed by atoms with Gasteiger partial charge in [-0.15, -0.1) is 0 Å². The van der Waals surface area contributed by atoms with Crippen molar-refractivity contribution in [2.45, 2.75) is 26.4 Å². The van der Waals surface area contributed by atoms with Crippen LogP contribution in [0, 0.1) is 0 Å². The van der Waals surface area contributed by atoms with E-state index >= 15 is 0 Å². The topological polar surface area (TPSA) is 37.3 Å². The number of ketones is 1. The van der Waals surface area contributed by atoms with Crippen LogP contribution >= 0.6 is 0 Å². The Morgan fingerprint density at radius 3 is 2.29 bits per heavy atom. The monoisotopic (exact) mass is 102 g/mol. The lowest BCUT2D eigenvalue weighted by Crippen LogP contribution is -2.13. The van der Waals surface area contributed by atoms with Crippen molar-refractivity contribution in [1.29, 1.82) is 0 Å². The molecule has 42 valence electrons. The van der Waals surface area contributed by atoms with Crippen LogP contribution < -0.4 is 0 Å². The number of carbonyl (C=O) groups excluding carboxylic acids is 1. The van der Waals surface area contributed by atoms with Crippen molar-refractivity contribution in [3.8, 4) is 0 Å². The summed E-state index contributed by atoms with van der Waals surface area (Å²) in [5, 5.41) is 8.47. The van der Waals surface area contributed by atoms with Crippen LogP contribution in [0.2, 0.25) is 0 Å². The molecule has 7 heavy (non-hydrogen) atoms. The van der Waals surface area contributed by atoms with Gasteiger partial charge in [0.2, 0.25) is 0 Å². The summed E-state index contributed by atoms with van der Waals surface area (Å²) < 4.78 is 0. The number of aliphatic hydroxyl groups excluding tert-OH is 1. The van der Waals surface area contributed by atoms with Gasteiger partial charge in [-0.05, 0) is 6.92 Å². The average molecular weight is 102 g/mol. The van der Waals surface area contributed by atoms with Gasteiger partial charge in [-0.3, -0.25) is 4.79 Å². The molecule has 0 heterocycles. The highest BCUT2D eigenvalue weighted by atomic mass is 16.3. The van der Waals surface area contributed by atoms with Crippen LogP contribution in [0.3, 0.4) is 0 Å². The molecule has 0 saturated heterocycles. The van der Waals surface area contributed by atoms with E-state index in [0.29, 0.717) is 6.42 Å². The maximum absolute atomic E-state index is 10.3. The standard InChI is InChI=1S/C5H10O2/c1-3-5(7)4(2)6/h4,6H,3H2,1-2H3/t4-/m1/s1. The molecular formula is C5H10O2. The summed E-state index contributed by atoms with van der Waals surface area (Å²) in [6.45, 7) is 3.21. The van der Waals surface area contributed by atoms with Gasteiger partial charge < -0.3 is 5.11 Å². The van der Waals surface area contributed by atoms with E-state index in [1.54, 1.807) is 6.92 Å². The number of aliphatic hydroxyl groups is 1. The molecule has 0 bridgehead atoms. The Bertz CT molecular complexity index is 66.5. The Kier molecular flexibility index (Phi) is 2.60. The first-order chi connectivity index (χ1) is 3.18. The van der Waals surface area contributed by atoms with E-state index in [4.69, 9.17) is 5.11 Å². The zero-order chi connectivity index (χ0) is 5.86. The highest BCUT2D eigenvalue weighted by Crippen LogP contribution is 1.86. The van der Waals surface area contributed by atoms with E-state index in [-0.39, 0.29) is 5.78 Å². The first kappa shape index (κ1) is 6.63. The molecule has 0 amide bonds. The van der Waals surface area contributed by atoms with Crippen molar-refractivity contribution in [2.24, 2.45) is 0 Å². The summed E-state index contributed by atoms with van der Waals surface area (Å²) in [4.78, 5) is 10.3. The lowest BCUT2D eigenvalue weighted by atomic mass is 10.2. The second kappa shape index (κ2) is 2.75. The van der Waals surface area contributed by atoms with Crippen molar-refractivity contribution < 1.29 is 9.90 Å². The van der Waals surface area contributed by atoms with Crippen LogP contribution in [0.1, 0.15) is 20.3 Å². The van der Waals surface area contributed by atoms with Crippen LogP contribution in [0.15, 0.2) is 0 Å². The van der Waals surface area contributed by atoms with Crippen LogP contribution in [0.25, 0.3) is 0 Å². The Morgan fingerprint density at radius 1 is 1.86 bits per heavy atom. The summed E-state index contributed by atoms with van der Waals surface area (Å²) in [6, 6.07) is 0. The molecule has 0 radical (unpaired) electrons. The van der Waals surface area contributed by atoms with E-state index in [1.165, 1.54) is 6.92 Å². The van der Waals surface area contributed by atoms with Gasteiger partial charge in [0, 0.05) is 6.42 Å². The summed E-state index contributed by atoms with van der Waals surface area (Å²) in [5.74, 6) is -0.0972. The Balaban J connectivity index is 3.35. The largest absolute Gasteiger partial charge is 0.386 e. The van der Waals surface area contributed by atoms with Gasteiger partial charge in [-0.2, -0.15) is 0 Å². The minimum Gasteiger partial charge on any atom is -0.386 e. The Morgan fingerprint density at radius 2 is 2.29 bits per heavy atom. The molecule has 1 atom stereocenters. The molecule has 0 unspecified atom stereocenters. The smallest absolute Gasteiger partial charge is 0.160 e. The molecule has 1 N–H and O–H groups in total. The number of Topliss-reactive ketones (excluding diaryl/α,β-unsaturated/α-hetero) is 1. The van der Waals surface area contributed by atoms with Crippen LogP contribution in [-0.4, -0.2) is 17.0 Å². The first-order valence-electron chi connectivity index (χ1n) is 2.39. The minimum atomic E-state index is -0.773. The Hall–Kier alpha value is -0.370. The molecule has 0 aliphatic heterocycles. The summed E-state index contributed by atoms with van der Waals surface area (Å²) in [5.41, 5.74) is 0. The molecule has 0 aliphatic rings. The lowest BCUT2D eigenvalue weighted by molar-refractivity contribution is -0.125. The fraction of sp³-hybridized carbons (Fsp3) is 0.800. The number of hydrogen-bond donors (Lipinski definition) is 1.